The predicted molar refractivity (Wildman–Crippen MR) is 43.7 cm³/mol. The van der Waals surface area contributed by atoms with Crippen LogP contribution in [0.2, 0.25) is 0 Å². The molecule has 3 N–H and O–H groups in total. The lowest BCUT2D eigenvalue weighted by Gasteiger charge is -2.18. The highest BCUT2D eigenvalue weighted by Gasteiger charge is 2.26. The van der Waals surface area contributed by atoms with Crippen LogP contribution in [0.15, 0.2) is 0 Å². The fourth-order valence-electron chi connectivity index (χ4n) is 1.54. The number of rotatable bonds is 4. The van der Waals surface area contributed by atoms with Gasteiger partial charge in [-0.15, -0.1) is 0 Å². The molecular weight excluding hydrogens is 180 g/mol. The Morgan fingerprint density at radius 2 is 2.08 bits per heavy atom. The molecule has 0 heterocycles. The van der Waals surface area contributed by atoms with E-state index in [0.29, 0.717) is 6.42 Å². The van der Waals surface area contributed by atoms with Gasteiger partial charge in [-0.1, -0.05) is 0 Å². The van der Waals surface area contributed by atoms with Crippen molar-refractivity contribution in [3.8, 4) is 0 Å². The number of alkyl halides is 2. The van der Waals surface area contributed by atoms with Crippen molar-refractivity contribution in [1.29, 1.82) is 0 Å². The van der Waals surface area contributed by atoms with Crippen molar-refractivity contribution in [1.82, 2.24) is 5.32 Å². The minimum atomic E-state index is -2.72. The van der Waals surface area contributed by atoms with Crippen LogP contribution in [0.3, 0.4) is 0 Å². The van der Waals surface area contributed by atoms with Crippen LogP contribution in [0.25, 0.3) is 0 Å². The highest BCUT2D eigenvalue weighted by Crippen LogP contribution is 2.18. The first-order valence-electron chi connectivity index (χ1n) is 4.49. The summed E-state index contributed by atoms with van der Waals surface area (Å²) in [6, 6.07) is -0.131. The summed E-state index contributed by atoms with van der Waals surface area (Å²) in [5, 5.41) is 20.8. The first-order chi connectivity index (χ1) is 6.11. The molecule has 1 saturated carbocycles. The van der Waals surface area contributed by atoms with Crippen molar-refractivity contribution in [2.45, 2.75) is 43.9 Å². The van der Waals surface area contributed by atoms with Crippen molar-refractivity contribution in [3.05, 3.63) is 0 Å². The van der Waals surface area contributed by atoms with Crippen LogP contribution < -0.4 is 5.32 Å². The van der Waals surface area contributed by atoms with Gasteiger partial charge in [-0.05, 0) is 19.3 Å². The SMILES string of the molecule is OC(CN[C@@H]1CCC[C@H]1O)C(F)F. The van der Waals surface area contributed by atoms with E-state index in [0.717, 1.165) is 12.8 Å². The van der Waals surface area contributed by atoms with E-state index in [1.54, 1.807) is 0 Å². The summed E-state index contributed by atoms with van der Waals surface area (Å²) in [6.07, 6.45) is -2.40. The quantitative estimate of drug-likeness (QED) is 0.597. The second kappa shape index (κ2) is 4.83. The molecule has 13 heavy (non-hydrogen) atoms. The van der Waals surface area contributed by atoms with Crippen molar-refractivity contribution in [2.24, 2.45) is 0 Å². The molecule has 0 aromatic heterocycles. The van der Waals surface area contributed by atoms with Gasteiger partial charge in [0.2, 0.25) is 0 Å². The number of nitrogens with one attached hydrogen (secondary N) is 1. The molecule has 1 rings (SSSR count). The Kier molecular flexibility index (Phi) is 4.02. The molecule has 3 atom stereocenters. The van der Waals surface area contributed by atoms with Crippen LogP contribution in [0, 0.1) is 0 Å². The van der Waals surface area contributed by atoms with Gasteiger partial charge in [0.1, 0.15) is 6.10 Å². The van der Waals surface area contributed by atoms with Gasteiger partial charge < -0.3 is 15.5 Å². The Labute approximate surface area is 75.8 Å². The van der Waals surface area contributed by atoms with Crippen molar-refractivity contribution < 1.29 is 19.0 Å². The van der Waals surface area contributed by atoms with E-state index in [4.69, 9.17) is 5.11 Å². The van der Waals surface area contributed by atoms with Crippen LogP contribution in [0.4, 0.5) is 8.78 Å². The smallest absolute Gasteiger partial charge is 0.265 e. The van der Waals surface area contributed by atoms with Gasteiger partial charge in [-0.25, -0.2) is 8.78 Å². The zero-order valence-corrected chi connectivity index (χ0v) is 7.29. The summed E-state index contributed by atoms with van der Waals surface area (Å²) in [5.74, 6) is 0. The molecule has 0 spiro atoms. The molecule has 0 saturated heterocycles. The number of halogens is 2. The first kappa shape index (κ1) is 10.8. The maximum absolute atomic E-state index is 11.8. The molecule has 0 aliphatic heterocycles. The number of aliphatic hydroxyl groups excluding tert-OH is 2. The molecule has 3 nitrogen and oxygen atoms in total. The summed E-state index contributed by atoms with van der Waals surface area (Å²) in [7, 11) is 0. The lowest BCUT2D eigenvalue weighted by atomic mass is 10.2. The summed E-state index contributed by atoms with van der Waals surface area (Å²) < 4.78 is 23.7. The largest absolute Gasteiger partial charge is 0.392 e. The highest BCUT2D eigenvalue weighted by molar-refractivity contribution is 4.83. The third-order valence-electron chi connectivity index (χ3n) is 2.36. The van der Waals surface area contributed by atoms with E-state index in [-0.39, 0.29) is 12.6 Å². The van der Waals surface area contributed by atoms with E-state index in [2.05, 4.69) is 5.32 Å². The average Bonchev–Trinajstić information content (AvgIpc) is 2.47. The van der Waals surface area contributed by atoms with E-state index >= 15 is 0 Å². The summed E-state index contributed by atoms with van der Waals surface area (Å²) >= 11 is 0. The zero-order chi connectivity index (χ0) is 9.84. The fraction of sp³-hybridized carbons (Fsp3) is 1.00. The zero-order valence-electron chi connectivity index (χ0n) is 7.29. The average molecular weight is 195 g/mol. The third-order valence-corrected chi connectivity index (χ3v) is 2.36. The van der Waals surface area contributed by atoms with Crippen LogP contribution in [0.1, 0.15) is 19.3 Å². The summed E-state index contributed by atoms with van der Waals surface area (Å²) in [4.78, 5) is 0. The van der Waals surface area contributed by atoms with Crippen molar-refractivity contribution in [3.63, 3.8) is 0 Å². The summed E-state index contributed by atoms with van der Waals surface area (Å²) in [6.45, 7) is -0.153. The van der Waals surface area contributed by atoms with Gasteiger partial charge in [-0.3, -0.25) is 0 Å². The molecular formula is C8H15F2NO2. The molecule has 0 aromatic carbocycles. The van der Waals surface area contributed by atoms with Crippen LogP contribution in [-0.4, -0.2) is 41.4 Å². The second-order valence-electron chi connectivity index (χ2n) is 3.41. The number of hydrogen-bond donors (Lipinski definition) is 3. The Morgan fingerprint density at radius 3 is 2.54 bits per heavy atom. The van der Waals surface area contributed by atoms with Gasteiger partial charge in [0.05, 0.1) is 6.10 Å². The normalized spacial score (nSPS) is 31.2. The van der Waals surface area contributed by atoms with Crippen LogP contribution in [-0.2, 0) is 0 Å². The first-order valence-corrected chi connectivity index (χ1v) is 4.49. The van der Waals surface area contributed by atoms with Gasteiger partial charge in [0, 0.05) is 12.6 Å². The summed E-state index contributed by atoms with van der Waals surface area (Å²) in [5.41, 5.74) is 0. The van der Waals surface area contributed by atoms with Gasteiger partial charge in [0.25, 0.3) is 6.43 Å². The molecule has 0 bridgehead atoms. The topological polar surface area (TPSA) is 52.5 Å². The standard InChI is InChI=1S/C8H15F2NO2/c9-8(10)7(13)4-11-5-2-1-3-6(5)12/h5-8,11-13H,1-4H2/t5-,6-,7?/m1/s1. The molecule has 1 fully saturated rings. The molecule has 1 aliphatic rings. The molecule has 1 unspecified atom stereocenters. The van der Waals surface area contributed by atoms with Crippen molar-refractivity contribution in [2.75, 3.05) is 6.54 Å². The third kappa shape index (κ3) is 3.17. The van der Waals surface area contributed by atoms with E-state index in [9.17, 15) is 13.9 Å². The fourth-order valence-corrected chi connectivity index (χ4v) is 1.54. The lowest BCUT2D eigenvalue weighted by Crippen LogP contribution is -2.42. The maximum atomic E-state index is 11.8. The Hall–Kier alpha value is -0.260. The van der Waals surface area contributed by atoms with Gasteiger partial charge in [0.15, 0.2) is 0 Å². The minimum Gasteiger partial charge on any atom is -0.392 e. The minimum absolute atomic E-state index is 0.131. The second-order valence-corrected chi connectivity index (χ2v) is 3.41. The van der Waals surface area contributed by atoms with Gasteiger partial charge >= 0.3 is 0 Å². The molecule has 0 radical (unpaired) electrons. The Bertz CT molecular complexity index is 157. The predicted octanol–water partition coefficient (Wildman–Crippen LogP) is 0.115. The number of aliphatic hydroxyl groups is 2. The molecule has 0 aromatic rings. The maximum Gasteiger partial charge on any atom is 0.265 e. The Balaban J connectivity index is 2.18. The number of hydrogen-bond acceptors (Lipinski definition) is 3. The monoisotopic (exact) mass is 195 g/mol. The van der Waals surface area contributed by atoms with Gasteiger partial charge in [-0.2, -0.15) is 0 Å². The molecule has 1 aliphatic carbocycles. The highest BCUT2D eigenvalue weighted by atomic mass is 19.3. The van der Waals surface area contributed by atoms with E-state index in [1.807, 2.05) is 0 Å². The lowest BCUT2D eigenvalue weighted by molar-refractivity contribution is -0.00676. The molecule has 78 valence electrons. The van der Waals surface area contributed by atoms with E-state index in [1.165, 1.54) is 0 Å². The van der Waals surface area contributed by atoms with Crippen LogP contribution >= 0.6 is 0 Å². The molecule has 5 heteroatoms. The van der Waals surface area contributed by atoms with Crippen LogP contribution in [0.5, 0.6) is 0 Å². The van der Waals surface area contributed by atoms with Crippen molar-refractivity contribution >= 4 is 0 Å². The molecule has 0 amide bonds. The Morgan fingerprint density at radius 1 is 1.38 bits per heavy atom. The van der Waals surface area contributed by atoms with E-state index < -0.39 is 18.6 Å².